The molecular formula is C13H16ClN3O4. The van der Waals surface area contributed by atoms with Crippen LogP contribution in [0.4, 0.5) is 0 Å². The molecule has 0 bridgehead atoms. The van der Waals surface area contributed by atoms with Gasteiger partial charge in [-0.2, -0.15) is 0 Å². The molecule has 21 heavy (non-hydrogen) atoms. The molecule has 0 radical (unpaired) electrons. The van der Waals surface area contributed by atoms with Crippen LogP contribution in [-0.4, -0.2) is 51.9 Å². The third-order valence-electron chi connectivity index (χ3n) is 2.76. The van der Waals surface area contributed by atoms with Crippen LogP contribution in [0, 0.1) is 0 Å². The van der Waals surface area contributed by atoms with Crippen molar-refractivity contribution in [2.45, 2.75) is 19.9 Å². The van der Waals surface area contributed by atoms with Crippen molar-refractivity contribution in [2.24, 2.45) is 0 Å². The number of halogens is 1. The first-order valence-electron chi connectivity index (χ1n) is 6.22. The molecule has 114 valence electrons. The summed E-state index contributed by atoms with van der Waals surface area (Å²) in [5.41, 5.74) is 0.0929. The van der Waals surface area contributed by atoms with Crippen LogP contribution in [0.15, 0.2) is 18.3 Å². The highest BCUT2D eigenvalue weighted by atomic mass is 35.5. The Labute approximate surface area is 126 Å². The number of aliphatic carboxylic acids is 1. The van der Waals surface area contributed by atoms with E-state index in [4.69, 9.17) is 16.7 Å². The van der Waals surface area contributed by atoms with Gasteiger partial charge < -0.3 is 15.3 Å². The Balaban J connectivity index is 2.88. The number of nitrogens with zero attached hydrogens (tertiary/aromatic N) is 2. The van der Waals surface area contributed by atoms with E-state index in [2.05, 4.69) is 10.3 Å². The summed E-state index contributed by atoms with van der Waals surface area (Å²) in [5, 5.41) is 12.0. The topological polar surface area (TPSA) is 99.6 Å². The molecular weight excluding hydrogens is 298 g/mol. The Hall–Kier alpha value is -2.15. The largest absolute Gasteiger partial charge is 0.480 e. The number of amides is 2. The van der Waals surface area contributed by atoms with Crippen molar-refractivity contribution in [3.8, 4) is 0 Å². The Morgan fingerprint density at radius 1 is 1.43 bits per heavy atom. The smallest absolute Gasteiger partial charge is 0.326 e. The summed E-state index contributed by atoms with van der Waals surface area (Å²) in [6.07, 6.45) is 1.31. The van der Waals surface area contributed by atoms with Crippen LogP contribution in [0.1, 0.15) is 24.3 Å². The maximum atomic E-state index is 12.3. The van der Waals surface area contributed by atoms with Crippen LogP contribution in [0.5, 0.6) is 0 Å². The van der Waals surface area contributed by atoms with Crippen molar-refractivity contribution >= 4 is 29.4 Å². The van der Waals surface area contributed by atoms with Crippen molar-refractivity contribution in [3.63, 3.8) is 0 Å². The molecule has 0 aliphatic carbocycles. The van der Waals surface area contributed by atoms with E-state index in [-0.39, 0.29) is 24.7 Å². The lowest BCUT2D eigenvalue weighted by Crippen LogP contribution is -2.47. The Bertz CT molecular complexity index is 533. The number of pyridine rings is 1. The summed E-state index contributed by atoms with van der Waals surface area (Å²) in [7, 11) is 0. The van der Waals surface area contributed by atoms with Crippen molar-refractivity contribution in [1.82, 2.24) is 15.2 Å². The van der Waals surface area contributed by atoms with Gasteiger partial charge in [0, 0.05) is 26.2 Å². The molecule has 0 aromatic carbocycles. The summed E-state index contributed by atoms with van der Waals surface area (Å²) >= 11 is 5.70. The number of carbonyl (C=O) groups excluding carboxylic acids is 2. The van der Waals surface area contributed by atoms with Crippen LogP contribution in [0.2, 0.25) is 5.02 Å². The summed E-state index contributed by atoms with van der Waals surface area (Å²) < 4.78 is 0. The molecule has 0 aliphatic rings. The zero-order valence-corrected chi connectivity index (χ0v) is 12.4. The average molecular weight is 314 g/mol. The monoisotopic (exact) mass is 313 g/mol. The predicted octanol–water partition coefficient (Wildman–Crippen LogP) is 0.786. The molecule has 7 nitrogen and oxygen atoms in total. The number of carboxylic acids is 1. The molecule has 0 fully saturated rings. The Kier molecular flexibility index (Phi) is 6.10. The highest BCUT2D eigenvalue weighted by Gasteiger charge is 2.26. The highest BCUT2D eigenvalue weighted by molar-refractivity contribution is 6.30. The van der Waals surface area contributed by atoms with Crippen molar-refractivity contribution in [2.75, 3.05) is 13.1 Å². The standard InChI is InChI=1S/C13H16ClN3O4/c1-8(13(20)21)17(6-5-15-9(2)18)12(19)11-4-3-10(14)7-16-11/h3-4,7-8H,5-6H2,1-2H3,(H,15,18)(H,20,21). The highest BCUT2D eigenvalue weighted by Crippen LogP contribution is 2.10. The molecule has 0 spiro atoms. The number of aromatic nitrogens is 1. The second kappa shape index (κ2) is 7.58. The van der Waals surface area contributed by atoms with Gasteiger partial charge in [-0.15, -0.1) is 0 Å². The van der Waals surface area contributed by atoms with E-state index in [9.17, 15) is 14.4 Å². The molecule has 1 rings (SSSR count). The van der Waals surface area contributed by atoms with Gasteiger partial charge in [-0.1, -0.05) is 11.6 Å². The van der Waals surface area contributed by atoms with Gasteiger partial charge in [-0.3, -0.25) is 9.59 Å². The fraction of sp³-hybridized carbons (Fsp3) is 0.385. The summed E-state index contributed by atoms with van der Waals surface area (Å²) in [5.74, 6) is -1.93. The lowest BCUT2D eigenvalue weighted by molar-refractivity contribution is -0.141. The maximum Gasteiger partial charge on any atom is 0.326 e. The minimum Gasteiger partial charge on any atom is -0.480 e. The first kappa shape index (κ1) is 16.9. The number of hydrogen-bond acceptors (Lipinski definition) is 4. The second-order valence-electron chi connectivity index (χ2n) is 4.36. The molecule has 8 heteroatoms. The van der Waals surface area contributed by atoms with Crippen LogP contribution in [-0.2, 0) is 9.59 Å². The SMILES string of the molecule is CC(=O)NCCN(C(=O)c1ccc(Cl)cn1)C(C)C(=O)O. The molecule has 1 unspecified atom stereocenters. The number of carboxylic acid groups (broad SMARTS) is 1. The fourth-order valence-corrected chi connectivity index (χ4v) is 1.72. The van der Waals surface area contributed by atoms with Gasteiger partial charge in [-0.05, 0) is 19.1 Å². The summed E-state index contributed by atoms with van der Waals surface area (Å²) in [6.45, 7) is 2.96. The Morgan fingerprint density at radius 2 is 2.10 bits per heavy atom. The quantitative estimate of drug-likeness (QED) is 0.808. The lowest BCUT2D eigenvalue weighted by Gasteiger charge is -2.26. The predicted molar refractivity (Wildman–Crippen MR) is 76.1 cm³/mol. The average Bonchev–Trinajstić information content (AvgIpc) is 2.42. The molecule has 0 aliphatic heterocycles. The van der Waals surface area contributed by atoms with Crippen LogP contribution in [0.25, 0.3) is 0 Å². The number of carbonyl (C=O) groups is 3. The molecule has 2 amide bonds. The van der Waals surface area contributed by atoms with Crippen LogP contribution in [0.3, 0.4) is 0 Å². The lowest BCUT2D eigenvalue weighted by atomic mass is 10.2. The van der Waals surface area contributed by atoms with Crippen molar-refractivity contribution in [1.29, 1.82) is 0 Å². The molecule has 2 N–H and O–H groups in total. The first-order valence-corrected chi connectivity index (χ1v) is 6.60. The van der Waals surface area contributed by atoms with Crippen LogP contribution >= 0.6 is 11.6 Å². The minimum atomic E-state index is -1.14. The second-order valence-corrected chi connectivity index (χ2v) is 4.79. The van der Waals surface area contributed by atoms with E-state index in [1.165, 1.54) is 32.2 Å². The molecule has 1 aromatic heterocycles. The van der Waals surface area contributed by atoms with E-state index in [1.54, 1.807) is 0 Å². The van der Waals surface area contributed by atoms with Gasteiger partial charge >= 0.3 is 5.97 Å². The molecule has 1 atom stereocenters. The fourth-order valence-electron chi connectivity index (χ4n) is 1.61. The number of nitrogens with one attached hydrogen (secondary N) is 1. The van der Waals surface area contributed by atoms with E-state index in [1.807, 2.05) is 0 Å². The van der Waals surface area contributed by atoms with Gasteiger partial charge in [0.25, 0.3) is 5.91 Å². The molecule has 1 heterocycles. The third-order valence-corrected chi connectivity index (χ3v) is 2.98. The van der Waals surface area contributed by atoms with E-state index >= 15 is 0 Å². The van der Waals surface area contributed by atoms with Gasteiger partial charge in [-0.25, -0.2) is 9.78 Å². The molecule has 0 saturated carbocycles. The molecule has 1 aromatic rings. The number of hydrogen-bond donors (Lipinski definition) is 2. The first-order chi connectivity index (χ1) is 9.82. The van der Waals surface area contributed by atoms with Crippen LogP contribution < -0.4 is 5.32 Å². The number of rotatable bonds is 6. The van der Waals surface area contributed by atoms with Gasteiger partial charge in [0.1, 0.15) is 11.7 Å². The third kappa shape index (κ3) is 5.03. The summed E-state index contributed by atoms with van der Waals surface area (Å²) in [6, 6.07) is 1.88. The Morgan fingerprint density at radius 3 is 2.57 bits per heavy atom. The van der Waals surface area contributed by atoms with Gasteiger partial charge in [0.2, 0.25) is 5.91 Å². The van der Waals surface area contributed by atoms with E-state index in [0.29, 0.717) is 5.02 Å². The van der Waals surface area contributed by atoms with Crippen molar-refractivity contribution < 1.29 is 19.5 Å². The maximum absolute atomic E-state index is 12.3. The van der Waals surface area contributed by atoms with Crippen molar-refractivity contribution in [3.05, 3.63) is 29.0 Å². The van der Waals surface area contributed by atoms with E-state index < -0.39 is 17.9 Å². The zero-order valence-electron chi connectivity index (χ0n) is 11.7. The molecule has 0 saturated heterocycles. The summed E-state index contributed by atoms with van der Waals surface area (Å²) in [4.78, 5) is 39.3. The minimum absolute atomic E-state index is 0.0657. The van der Waals surface area contributed by atoms with Gasteiger partial charge in [0.15, 0.2) is 0 Å². The van der Waals surface area contributed by atoms with E-state index in [0.717, 1.165) is 4.90 Å². The zero-order chi connectivity index (χ0) is 16.0. The normalized spacial score (nSPS) is 11.6. The van der Waals surface area contributed by atoms with Gasteiger partial charge in [0.05, 0.1) is 5.02 Å².